The molecule has 0 spiro atoms. The number of nitrogens with zero attached hydrogens (tertiary/aromatic N) is 1. The molecule has 0 aliphatic carbocycles. The summed E-state index contributed by atoms with van der Waals surface area (Å²) in [5.74, 6) is 0.137. The van der Waals surface area contributed by atoms with Gasteiger partial charge in [0.25, 0.3) is 11.1 Å². The Bertz CT molecular complexity index is 1130. The third-order valence-electron chi connectivity index (χ3n) is 5.07. The summed E-state index contributed by atoms with van der Waals surface area (Å²) in [5, 5.41) is 8.42. The lowest BCUT2D eigenvalue weighted by Crippen LogP contribution is -2.32. The number of carbonyl (C=O) groups is 3. The molecular formula is C25H27NO7S. The molecule has 0 atom stereocenters. The Labute approximate surface area is 202 Å². The van der Waals surface area contributed by atoms with E-state index in [0.29, 0.717) is 11.3 Å². The number of hydrogen-bond acceptors (Lipinski definition) is 7. The number of ether oxygens (including phenoxy) is 3. The second-order valence-electron chi connectivity index (χ2n) is 7.97. The summed E-state index contributed by atoms with van der Waals surface area (Å²) in [6.07, 6.45) is 1.59. The third kappa shape index (κ3) is 6.11. The van der Waals surface area contributed by atoms with Gasteiger partial charge in [-0.05, 0) is 65.6 Å². The molecule has 180 valence electrons. The summed E-state index contributed by atoms with van der Waals surface area (Å²) in [5.41, 5.74) is 2.76. The highest BCUT2D eigenvalue weighted by Crippen LogP contribution is 2.35. The van der Waals surface area contributed by atoms with Crippen LogP contribution in [0.5, 0.6) is 17.2 Å². The zero-order valence-corrected chi connectivity index (χ0v) is 20.3. The van der Waals surface area contributed by atoms with Crippen molar-refractivity contribution < 1.29 is 33.7 Å². The number of carboxylic acids is 1. The van der Waals surface area contributed by atoms with Crippen molar-refractivity contribution in [3.05, 3.63) is 58.0 Å². The number of carbonyl (C=O) groups excluding carboxylic acids is 2. The molecule has 1 saturated heterocycles. The van der Waals surface area contributed by atoms with Gasteiger partial charge in [0.2, 0.25) is 0 Å². The molecular weight excluding hydrogens is 458 g/mol. The highest BCUT2D eigenvalue weighted by molar-refractivity contribution is 8.18. The number of carboxylic acid groups (broad SMARTS) is 1. The second-order valence-corrected chi connectivity index (χ2v) is 8.96. The van der Waals surface area contributed by atoms with Gasteiger partial charge in [0.1, 0.15) is 12.4 Å². The monoisotopic (exact) mass is 485 g/mol. The largest absolute Gasteiger partial charge is 0.493 e. The van der Waals surface area contributed by atoms with Crippen molar-refractivity contribution in [1.82, 2.24) is 4.90 Å². The Morgan fingerprint density at radius 3 is 2.53 bits per heavy atom. The van der Waals surface area contributed by atoms with Crippen molar-refractivity contribution in [2.75, 3.05) is 26.9 Å². The molecule has 8 nitrogen and oxygen atoms in total. The van der Waals surface area contributed by atoms with E-state index in [0.717, 1.165) is 28.6 Å². The molecule has 1 fully saturated rings. The first-order valence-electron chi connectivity index (χ1n) is 10.7. The number of imide groups is 1. The van der Waals surface area contributed by atoms with E-state index < -0.39 is 18.5 Å². The zero-order valence-electron chi connectivity index (χ0n) is 19.5. The SMILES string of the molecule is COc1cc(/C=C2\SC(=O)N(CCOc3cc(C)ccc3C(C)C)C2=O)ccc1OCC(=O)O. The molecule has 1 N–H and O–H groups in total. The van der Waals surface area contributed by atoms with E-state index in [1.165, 1.54) is 12.0 Å². The van der Waals surface area contributed by atoms with Crippen molar-refractivity contribution in [2.24, 2.45) is 0 Å². The quantitative estimate of drug-likeness (QED) is 0.483. The molecule has 0 aromatic heterocycles. The van der Waals surface area contributed by atoms with Gasteiger partial charge in [0.15, 0.2) is 18.1 Å². The average Bonchev–Trinajstić information content (AvgIpc) is 3.05. The molecule has 1 aliphatic rings. The van der Waals surface area contributed by atoms with Crippen LogP contribution in [-0.2, 0) is 9.59 Å². The van der Waals surface area contributed by atoms with E-state index in [1.54, 1.807) is 24.3 Å². The fourth-order valence-electron chi connectivity index (χ4n) is 3.37. The van der Waals surface area contributed by atoms with Crippen molar-refractivity contribution in [3.63, 3.8) is 0 Å². The first-order valence-corrected chi connectivity index (χ1v) is 11.5. The summed E-state index contributed by atoms with van der Waals surface area (Å²) in [7, 11) is 1.43. The minimum atomic E-state index is -1.10. The van der Waals surface area contributed by atoms with Gasteiger partial charge in [-0.3, -0.25) is 14.5 Å². The standard InChI is InChI=1S/C25H27NO7S/c1-15(2)18-7-5-16(3)11-20(18)32-10-9-26-24(29)22(34-25(26)30)13-17-6-8-19(21(12-17)31-4)33-14-23(27)28/h5-8,11-13,15H,9-10,14H2,1-4H3,(H,27,28)/b22-13-. The van der Waals surface area contributed by atoms with Crippen molar-refractivity contribution in [2.45, 2.75) is 26.7 Å². The Balaban J connectivity index is 1.68. The third-order valence-corrected chi connectivity index (χ3v) is 5.98. The van der Waals surface area contributed by atoms with Gasteiger partial charge in [-0.2, -0.15) is 0 Å². The molecule has 1 aliphatic heterocycles. The van der Waals surface area contributed by atoms with Crippen LogP contribution >= 0.6 is 11.8 Å². The van der Waals surface area contributed by atoms with Gasteiger partial charge in [-0.1, -0.05) is 32.0 Å². The van der Waals surface area contributed by atoms with Gasteiger partial charge < -0.3 is 19.3 Å². The van der Waals surface area contributed by atoms with Crippen molar-refractivity contribution >= 4 is 35.0 Å². The maximum Gasteiger partial charge on any atom is 0.341 e. The average molecular weight is 486 g/mol. The fraction of sp³-hybridized carbons (Fsp3) is 0.320. The van der Waals surface area contributed by atoms with Gasteiger partial charge in [0, 0.05) is 0 Å². The lowest BCUT2D eigenvalue weighted by Gasteiger charge is -2.17. The molecule has 3 rings (SSSR count). The topological polar surface area (TPSA) is 102 Å². The van der Waals surface area contributed by atoms with Crippen LogP contribution in [0.2, 0.25) is 0 Å². The summed E-state index contributed by atoms with van der Waals surface area (Å²) >= 11 is 0.858. The van der Waals surface area contributed by atoms with Gasteiger partial charge in [-0.15, -0.1) is 0 Å². The second kappa shape index (κ2) is 11.1. The van der Waals surface area contributed by atoms with E-state index in [1.807, 2.05) is 25.1 Å². The number of aryl methyl sites for hydroxylation is 1. The molecule has 9 heteroatoms. The number of hydrogen-bond donors (Lipinski definition) is 1. The van der Waals surface area contributed by atoms with Crippen LogP contribution in [0.25, 0.3) is 6.08 Å². The fourth-order valence-corrected chi connectivity index (χ4v) is 4.23. The molecule has 34 heavy (non-hydrogen) atoms. The zero-order chi connectivity index (χ0) is 24.8. The van der Waals surface area contributed by atoms with Crippen molar-refractivity contribution in [1.29, 1.82) is 0 Å². The maximum absolute atomic E-state index is 12.8. The molecule has 0 radical (unpaired) electrons. The lowest BCUT2D eigenvalue weighted by molar-refractivity contribution is -0.139. The van der Waals surface area contributed by atoms with Crippen molar-refractivity contribution in [3.8, 4) is 17.2 Å². The van der Waals surface area contributed by atoms with E-state index >= 15 is 0 Å². The van der Waals surface area contributed by atoms with Crippen LogP contribution in [0.1, 0.15) is 36.5 Å². The minimum Gasteiger partial charge on any atom is -0.493 e. The van der Waals surface area contributed by atoms with E-state index in [9.17, 15) is 14.4 Å². The smallest absolute Gasteiger partial charge is 0.341 e. The molecule has 0 bridgehead atoms. The first-order chi connectivity index (χ1) is 16.2. The Kier molecular flexibility index (Phi) is 8.22. The molecule has 2 amide bonds. The van der Waals surface area contributed by atoms with Gasteiger partial charge >= 0.3 is 5.97 Å². The van der Waals surface area contributed by atoms with Gasteiger partial charge in [0.05, 0.1) is 18.6 Å². The molecule has 2 aromatic carbocycles. The predicted octanol–water partition coefficient (Wildman–Crippen LogP) is 4.71. The minimum absolute atomic E-state index is 0.138. The summed E-state index contributed by atoms with van der Waals surface area (Å²) in [4.78, 5) is 37.5. The van der Waals surface area contributed by atoms with Gasteiger partial charge in [-0.25, -0.2) is 4.79 Å². The summed E-state index contributed by atoms with van der Waals surface area (Å²) < 4.78 is 16.4. The first kappa shape index (κ1) is 25.2. The van der Waals surface area contributed by atoms with Crippen LogP contribution < -0.4 is 14.2 Å². The Hall–Kier alpha value is -3.46. The van der Waals surface area contributed by atoms with E-state index in [-0.39, 0.29) is 35.0 Å². The molecule has 0 saturated carbocycles. The van der Waals surface area contributed by atoms with Crippen LogP contribution in [0.15, 0.2) is 41.3 Å². The number of rotatable bonds is 10. The summed E-state index contributed by atoms with van der Waals surface area (Å²) in [6, 6.07) is 10.8. The van der Waals surface area contributed by atoms with Crippen LogP contribution in [-0.4, -0.2) is 54.0 Å². The highest BCUT2D eigenvalue weighted by Gasteiger charge is 2.35. The maximum atomic E-state index is 12.8. The van der Waals surface area contributed by atoms with Crippen LogP contribution in [0.4, 0.5) is 4.79 Å². The molecule has 1 heterocycles. The molecule has 2 aromatic rings. The number of benzene rings is 2. The number of aliphatic carboxylic acids is 1. The normalized spacial score (nSPS) is 14.7. The summed E-state index contributed by atoms with van der Waals surface area (Å²) in [6.45, 7) is 5.98. The Morgan fingerprint density at radius 2 is 1.85 bits per heavy atom. The Morgan fingerprint density at radius 1 is 1.09 bits per heavy atom. The van der Waals surface area contributed by atoms with E-state index in [4.69, 9.17) is 19.3 Å². The van der Waals surface area contributed by atoms with E-state index in [2.05, 4.69) is 13.8 Å². The van der Waals surface area contributed by atoms with Crippen LogP contribution in [0, 0.1) is 6.92 Å². The predicted molar refractivity (Wildman–Crippen MR) is 130 cm³/mol. The number of methoxy groups -OCH3 is 1. The highest BCUT2D eigenvalue weighted by atomic mass is 32.2. The lowest BCUT2D eigenvalue weighted by atomic mass is 10.0. The molecule has 0 unspecified atom stereocenters. The number of amides is 2. The number of thioether (sulfide) groups is 1. The van der Waals surface area contributed by atoms with Crippen LogP contribution in [0.3, 0.4) is 0 Å².